The fraction of sp³-hybridized carbons (Fsp3) is 0.444. The third kappa shape index (κ3) is 4.20. The van der Waals surface area contributed by atoms with E-state index in [4.69, 9.17) is 5.11 Å². The predicted octanol–water partition coefficient (Wildman–Crippen LogP) is 3.34. The summed E-state index contributed by atoms with van der Waals surface area (Å²) in [4.78, 5) is 12.6. The summed E-state index contributed by atoms with van der Waals surface area (Å²) in [6, 6.07) is 9.59. The van der Waals surface area contributed by atoms with Crippen molar-refractivity contribution in [2.45, 2.75) is 46.1 Å². The van der Waals surface area contributed by atoms with Crippen molar-refractivity contribution in [2.24, 2.45) is 0 Å². The third-order valence-electron chi connectivity index (χ3n) is 3.99. The molecule has 1 amide bonds. The van der Waals surface area contributed by atoms with Crippen LogP contribution in [0.2, 0.25) is 0 Å². The summed E-state index contributed by atoms with van der Waals surface area (Å²) in [5.74, 6) is -0.146. The number of nitrogens with one attached hydrogen (secondary N) is 1. The maximum atomic E-state index is 12.6. The molecule has 0 aliphatic rings. The highest BCUT2D eigenvalue weighted by Crippen LogP contribution is 2.20. The van der Waals surface area contributed by atoms with E-state index in [1.54, 1.807) is 0 Å². The van der Waals surface area contributed by atoms with Crippen molar-refractivity contribution in [3.05, 3.63) is 47.3 Å². The topological polar surface area (TPSA) is 67.2 Å². The largest absolute Gasteiger partial charge is 0.396 e. The Balaban J connectivity index is 2.17. The van der Waals surface area contributed by atoms with Crippen LogP contribution in [0.15, 0.2) is 30.3 Å². The summed E-state index contributed by atoms with van der Waals surface area (Å²) in [6.07, 6.45) is 2.50. The number of carbonyl (C=O) groups excluding carboxylic acids is 1. The van der Waals surface area contributed by atoms with Crippen LogP contribution < -0.4 is 5.32 Å². The molecule has 0 saturated heterocycles. The minimum absolute atomic E-state index is 0.125. The van der Waals surface area contributed by atoms with Crippen molar-refractivity contribution < 1.29 is 9.90 Å². The number of aromatic nitrogens is 2. The number of anilines is 1. The number of aryl methyl sites for hydroxylation is 1. The number of aliphatic hydroxyl groups is 1. The van der Waals surface area contributed by atoms with E-state index in [0.29, 0.717) is 12.1 Å². The summed E-state index contributed by atoms with van der Waals surface area (Å²) in [6.45, 7) is 6.23. The van der Waals surface area contributed by atoms with Crippen LogP contribution >= 0.6 is 0 Å². The van der Waals surface area contributed by atoms with Gasteiger partial charge in [-0.25, -0.2) is 0 Å². The van der Waals surface area contributed by atoms with Gasteiger partial charge < -0.3 is 10.4 Å². The molecule has 124 valence electrons. The second-order valence-corrected chi connectivity index (χ2v) is 5.71. The lowest BCUT2D eigenvalue weighted by Gasteiger charge is -2.16. The number of rotatable bonds is 7. The zero-order valence-electron chi connectivity index (χ0n) is 14.0. The first-order chi connectivity index (χ1) is 11.1. The van der Waals surface area contributed by atoms with Crippen molar-refractivity contribution in [1.82, 2.24) is 9.78 Å². The highest BCUT2D eigenvalue weighted by atomic mass is 16.3. The quantitative estimate of drug-likeness (QED) is 0.823. The van der Waals surface area contributed by atoms with E-state index in [1.165, 1.54) is 0 Å². The molecule has 0 saturated carbocycles. The van der Waals surface area contributed by atoms with Crippen LogP contribution in [-0.2, 0) is 6.42 Å². The Kier molecular flexibility index (Phi) is 5.93. The minimum atomic E-state index is -0.146. The summed E-state index contributed by atoms with van der Waals surface area (Å²) < 4.78 is 1.84. The SMILES string of the molecule is CCC(CC)n1nc(C)cc1C(=O)Nc1ccc(CCO)cc1. The fourth-order valence-electron chi connectivity index (χ4n) is 2.68. The predicted molar refractivity (Wildman–Crippen MR) is 91.8 cm³/mol. The molecule has 5 heteroatoms. The highest BCUT2D eigenvalue weighted by molar-refractivity contribution is 6.03. The molecule has 2 rings (SSSR count). The maximum absolute atomic E-state index is 12.6. The van der Waals surface area contributed by atoms with Crippen LogP contribution in [0, 0.1) is 6.92 Å². The molecule has 1 aromatic carbocycles. The fourth-order valence-corrected chi connectivity index (χ4v) is 2.68. The smallest absolute Gasteiger partial charge is 0.273 e. The molecule has 0 unspecified atom stereocenters. The van der Waals surface area contributed by atoms with Gasteiger partial charge in [0.25, 0.3) is 5.91 Å². The molecule has 0 spiro atoms. The normalized spacial score (nSPS) is 11.0. The van der Waals surface area contributed by atoms with Gasteiger partial charge in [0.05, 0.1) is 11.7 Å². The molecule has 0 bridgehead atoms. The van der Waals surface area contributed by atoms with E-state index in [-0.39, 0.29) is 18.6 Å². The first-order valence-electron chi connectivity index (χ1n) is 8.16. The second-order valence-electron chi connectivity index (χ2n) is 5.71. The first-order valence-corrected chi connectivity index (χ1v) is 8.16. The summed E-state index contributed by atoms with van der Waals surface area (Å²) in [5, 5.41) is 16.3. The van der Waals surface area contributed by atoms with Crippen molar-refractivity contribution in [3.8, 4) is 0 Å². The monoisotopic (exact) mass is 315 g/mol. The van der Waals surface area contributed by atoms with Gasteiger partial charge in [-0.15, -0.1) is 0 Å². The standard InChI is InChI=1S/C18H25N3O2/c1-4-16(5-2)21-17(12-13(3)20-21)18(23)19-15-8-6-14(7-9-15)10-11-22/h6-9,12,16,22H,4-5,10-11H2,1-3H3,(H,19,23). The maximum Gasteiger partial charge on any atom is 0.273 e. The zero-order chi connectivity index (χ0) is 16.8. The molecule has 1 aromatic heterocycles. The molecular formula is C18H25N3O2. The number of nitrogens with zero attached hydrogens (tertiary/aromatic N) is 2. The zero-order valence-corrected chi connectivity index (χ0v) is 14.0. The minimum Gasteiger partial charge on any atom is -0.396 e. The van der Waals surface area contributed by atoms with Gasteiger partial charge in [-0.3, -0.25) is 9.48 Å². The molecular weight excluding hydrogens is 290 g/mol. The lowest BCUT2D eigenvalue weighted by molar-refractivity contribution is 0.101. The van der Waals surface area contributed by atoms with Gasteiger partial charge in [0.2, 0.25) is 0 Å². The average Bonchev–Trinajstić information content (AvgIpc) is 2.93. The van der Waals surface area contributed by atoms with Crippen LogP contribution in [0.3, 0.4) is 0 Å². The van der Waals surface area contributed by atoms with Crippen molar-refractivity contribution >= 4 is 11.6 Å². The Morgan fingerprint density at radius 1 is 1.26 bits per heavy atom. The van der Waals surface area contributed by atoms with E-state index in [1.807, 2.05) is 41.9 Å². The van der Waals surface area contributed by atoms with Gasteiger partial charge in [0.15, 0.2) is 0 Å². The molecule has 0 aliphatic carbocycles. The van der Waals surface area contributed by atoms with Crippen molar-refractivity contribution in [3.63, 3.8) is 0 Å². The molecule has 2 aromatic rings. The Bertz CT molecular complexity index is 643. The first kappa shape index (κ1) is 17.2. The number of hydrogen-bond acceptors (Lipinski definition) is 3. The van der Waals surface area contributed by atoms with Crippen molar-refractivity contribution in [2.75, 3.05) is 11.9 Å². The lowest BCUT2D eigenvalue weighted by Crippen LogP contribution is -2.20. The summed E-state index contributed by atoms with van der Waals surface area (Å²) >= 11 is 0. The summed E-state index contributed by atoms with van der Waals surface area (Å²) in [7, 11) is 0. The van der Waals surface area contributed by atoms with Gasteiger partial charge in [0.1, 0.15) is 5.69 Å². The number of aliphatic hydroxyl groups excluding tert-OH is 1. The van der Waals surface area contributed by atoms with Crippen molar-refractivity contribution in [1.29, 1.82) is 0 Å². The van der Waals surface area contributed by atoms with Crippen LogP contribution in [0.25, 0.3) is 0 Å². The lowest BCUT2D eigenvalue weighted by atomic mass is 10.1. The van der Waals surface area contributed by atoms with Crippen LogP contribution in [0.4, 0.5) is 5.69 Å². The van der Waals surface area contributed by atoms with E-state index in [9.17, 15) is 4.79 Å². The Morgan fingerprint density at radius 2 is 1.91 bits per heavy atom. The van der Waals surface area contributed by atoms with Crippen LogP contribution in [0.1, 0.15) is 54.5 Å². The van der Waals surface area contributed by atoms with Gasteiger partial charge in [0, 0.05) is 12.3 Å². The van der Waals surface area contributed by atoms with E-state index >= 15 is 0 Å². The van der Waals surface area contributed by atoms with Crippen LogP contribution in [0.5, 0.6) is 0 Å². The Labute approximate surface area is 137 Å². The molecule has 2 N–H and O–H groups in total. The van der Waals surface area contributed by atoms with Gasteiger partial charge in [-0.2, -0.15) is 5.10 Å². The molecule has 0 radical (unpaired) electrons. The Hall–Kier alpha value is -2.14. The van der Waals surface area contributed by atoms with Crippen LogP contribution in [-0.4, -0.2) is 27.4 Å². The van der Waals surface area contributed by atoms with Gasteiger partial charge in [-0.1, -0.05) is 26.0 Å². The molecule has 0 fully saturated rings. The molecule has 0 aliphatic heterocycles. The van der Waals surface area contributed by atoms with E-state index < -0.39 is 0 Å². The van der Waals surface area contributed by atoms with E-state index in [2.05, 4.69) is 24.3 Å². The second kappa shape index (κ2) is 7.92. The molecule has 23 heavy (non-hydrogen) atoms. The molecule has 0 atom stereocenters. The number of amides is 1. The van der Waals surface area contributed by atoms with Gasteiger partial charge >= 0.3 is 0 Å². The number of carbonyl (C=O) groups is 1. The Morgan fingerprint density at radius 3 is 2.48 bits per heavy atom. The average molecular weight is 315 g/mol. The number of benzene rings is 1. The van der Waals surface area contributed by atoms with Gasteiger partial charge in [-0.05, 0) is 49.9 Å². The molecule has 1 heterocycles. The number of hydrogen-bond donors (Lipinski definition) is 2. The highest BCUT2D eigenvalue weighted by Gasteiger charge is 2.18. The van der Waals surface area contributed by atoms with E-state index in [0.717, 1.165) is 29.8 Å². The third-order valence-corrected chi connectivity index (χ3v) is 3.99. The summed E-state index contributed by atoms with van der Waals surface area (Å²) in [5.41, 5.74) is 3.23. The molecule has 5 nitrogen and oxygen atoms in total.